The van der Waals surface area contributed by atoms with Gasteiger partial charge < -0.3 is 0 Å². The maximum Gasteiger partial charge on any atom is 0.164 e. The Bertz CT molecular complexity index is 1360. The van der Waals surface area contributed by atoms with Crippen LogP contribution in [0.2, 0.25) is 15.1 Å². The van der Waals surface area contributed by atoms with E-state index in [0.717, 1.165) is 39.3 Å². The third-order valence-electron chi connectivity index (χ3n) is 4.92. The Morgan fingerprint density at radius 1 is 0.667 bits per heavy atom. The molecule has 146 valence electrons. The van der Waals surface area contributed by atoms with Gasteiger partial charge in [-0.1, -0.05) is 77.3 Å². The molecule has 3 nitrogen and oxygen atoms in total. The average Bonchev–Trinajstić information content (AvgIpc) is 3.15. The topological polar surface area (TPSA) is 30.2 Å². The lowest BCUT2D eigenvalue weighted by Crippen LogP contribution is -1.95. The molecule has 6 heteroatoms. The van der Waals surface area contributed by atoms with E-state index in [1.54, 1.807) is 6.20 Å². The highest BCUT2D eigenvalue weighted by atomic mass is 35.5. The third-order valence-corrected chi connectivity index (χ3v) is 5.75. The van der Waals surface area contributed by atoms with Crippen LogP contribution in [0.15, 0.2) is 85.1 Å². The molecule has 2 aromatic heterocycles. The number of nitrogens with zero attached hydrogens (tertiary/aromatic N) is 3. The minimum Gasteiger partial charge on any atom is -0.236 e. The lowest BCUT2D eigenvalue weighted by Gasteiger charge is -2.06. The van der Waals surface area contributed by atoms with Crippen molar-refractivity contribution in [3.63, 3.8) is 0 Å². The van der Waals surface area contributed by atoms with Crippen molar-refractivity contribution in [3.05, 3.63) is 100 Å². The van der Waals surface area contributed by atoms with Gasteiger partial charge in [0.2, 0.25) is 0 Å². The van der Waals surface area contributed by atoms with E-state index < -0.39 is 0 Å². The van der Waals surface area contributed by atoms with Crippen LogP contribution in [-0.4, -0.2) is 14.6 Å². The highest BCUT2D eigenvalue weighted by molar-refractivity contribution is 6.33. The van der Waals surface area contributed by atoms with Crippen LogP contribution in [0.25, 0.3) is 39.3 Å². The first kappa shape index (κ1) is 19.1. The second-order valence-electron chi connectivity index (χ2n) is 6.78. The first-order valence-corrected chi connectivity index (χ1v) is 10.4. The van der Waals surface area contributed by atoms with Crippen LogP contribution < -0.4 is 0 Å². The van der Waals surface area contributed by atoms with Crippen molar-refractivity contribution in [2.24, 2.45) is 0 Å². The minimum atomic E-state index is 0.629. The molecule has 3 aromatic carbocycles. The van der Waals surface area contributed by atoms with Crippen molar-refractivity contribution in [3.8, 4) is 33.6 Å². The Labute approximate surface area is 188 Å². The molecule has 0 bridgehead atoms. The second kappa shape index (κ2) is 7.77. The average molecular weight is 451 g/mol. The van der Waals surface area contributed by atoms with Crippen LogP contribution in [-0.2, 0) is 0 Å². The molecule has 0 saturated carbocycles. The van der Waals surface area contributed by atoms with Gasteiger partial charge in [-0.3, -0.25) is 0 Å². The SMILES string of the molecule is Clc1ccc(-c2c(-c3ccccc3Cl)nn3c(-c4ccc(Cl)cc4)ccnc23)cc1. The van der Waals surface area contributed by atoms with Crippen LogP contribution in [0, 0.1) is 0 Å². The van der Waals surface area contributed by atoms with Crippen molar-refractivity contribution >= 4 is 40.4 Å². The van der Waals surface area contributed by atoms with Gasteiger partial charge in [0.05, 0.1) is 16.3 Å². The zero-order valence-corrected chi connectivity index (χ0v) is 17.8. The molecule has 0 saturated heterocycles. The van der Waals surface area contributed by atoms with Crippen LogP contribution in [0.3, 0.4) is 0 Å². The summed E-state index contributed by atoms with van der Waals surface area (Å²) in [6.45, 7) is 0. The molecule has 0 aliphatic heterocycles. The number of rotatable bonds is 3. The fourth-order valence-corrected chi connectivity index (χ4v) is 3.99. The number of fused-ring (bicyclic) bond motifs is 1. The summed E-state index contributed by atoms with van der Waals surface area (Å²) in [4.78, 5) is 4.66. The molecule has 30 heavy (non-hydrogen) atoms. The fourth-order valence-electron chi connectivity index (χ4n) is 3.51. The van der Waals surface area contributed by atoms with Gasteiger partial charge in [0.25, 0.3) is 0 Å². The maximum atomic E-state index is 6.54. The Kier molecular flexibility index (Phi) is 4.95. The van der Waals surface area contributed by atoms with E-state index in [1.807, 2.05) is 83.4 Å². The number of halogens is 3. The molecule has 5 rings (SSSR count). The van der Waals surface area contributed by atoms with Gasteiger partial charge in [-0.05, 0) is 42.0 Å². The normalized spacial score (nSPS) is 11.2. The molecule has 0 atom stereocenters. The van der Waals surface area contributed by atoms with Gasteiger partial charge in [0, 0.05) is 27.4 Å². The summed E-state index contributed by atoms with van der Waals surface area (Å²) < 4.78 is 1.85. The summed E-state index contributed by atoms with van der Waals surface area (Å²) in [5.74, 6) is 0. The van der Waals surface area contributed by atoms with E-state index in [2.05, 4.69) is 4.98 Å². The third kappa shape index (κ3) is 3.35. The van der Waals surface area contributed by atoms with Gasteiger partial charge in [0.15, 0.2) is 5.65 Å². The zero-order valence-electron chi connectivity index (χ0n) is 15.6. The van der Waals surface area contributed by atoms with Crippen LogP contribution in [0.1, 0.15) is 0 Å². The second-order valence-corrected chi connectivity index (χ2v) is 8.06. The molecule has 2 heterocycles. The quantitative estimate of drug-likeness (QED) is 0.282. The number of benzene rings is 3. The van der Waals surface area contributed by atoms with E-state index in [4.69, 9.17) is 39.9 Å². The summed E-state index contributed by atoms with van der Waals surface area (Å²) in [5.41, 5.74) is 6.10. The summed E-state index contributed by atoms with van der Waals surface area (Å²) in [7, 11) is 0. The summed E-state index contributed by atoms with van der Waals surface area (Å²) in [6.07, 6.45) is 1.79. The Balaban J connectivity index is 1.85. The zero-order chi connectivity index (χ0) is 20.7. The molecule has 0 fully saturated rings. The summed E-state index contributed by atoms with van der Waals surface area (Å²) >= 11 is 18.7. The lowest BCUT2D eigenvalue weighted by molar-refractivity contribution is 0.952. The van der Waals surface area contributed by atoms with Gasteiger partial charge in [-0.25, -0.2) is 9.50 Å². The van der Waals surface area contributed by atoms with Crippen molar-refractivity contribution in [2.45, 2.75) is 0 Å². The van der Waals surface area contributed by atoms with E-state index in [1.165, 1.54) is 0 Å². The van der Waals surface area contributed by atoms with Gasteiger partial charge in [0.1, 0.15) is 5.69 Å². The van der Waals surface area contributed by atoms with Gasteiger partial charge in [-0.2, -0.15) is 5.10 Å². The first-order valence-electron chi connectivity index (χ1n) is 9.26. The van der Waals surface area contributed by atoms with E-state index >= 15 is 0 Å². The predicted molar refractivity (Wildman–Crippen MR) is 124 cm³/mol. The standard InChI is InChI=1S/C24H14Cl3N3/c25-17-9-5-15(6-10-17)21-13-14-28-24-22(16-7-11-18(26)12-8-16)23(29-30(21)24)19-3-1-2-4-20(19)27/h1-14H. The number of hydrogen-bond acceptors (Lipinski definition) is 2. The molecule has 5 aromatic rings. The van der Waals surface area contributed by atoms with Gasteiger partial charge >= 0.3 is 0 Å². The van der Waals surface area contributed by atoms with Crippen molar-refractivity contribution < 1.29 is 0 Å². The van der Waals surface area contributed by atoms with Crippen molar-refractivity contribution in [1.82, 2.24) is 14.6 Å². The molecule has 0 radical (unpaired) electrons. The number of aromatic nitrogens is 3. The molecule has 0 N–H and O–H groups in total. The monoisotopic (exact) mass is 449 g/mol. The first-order chi connectivity index (χ1) is 14.6. The van der Waals surface area contributed by atoms with Crippen LogP contribution in [0.5, 0.6) is 0 Å². The molecule has 0 spiro atoms. The highest BCUT2D eigenvalue weighted by Crippen LogP contribution is 2.39. The van der Waals surface area contributed by atoms with E-state index in [9.17, 15) is 0 Å². The lowest BCUT2D eigenvalue weighted by atomic mass is 10.0. The molecule has 0 aliphatic rings. The van der Waals surface area contributed by atoms with Crippen molar-refractivity contribution in [1.29, 1.82) is 0 Å². The smallest absolute Gasteiger partial charge is 0.164 e. The summed E-state index contributed by atoms with van der Waals surface area (Å²) in [6, 6.07) is 24.9. The predicted octanol–water partition coefficient (Wildman–Crippen LogP) is 7.69. The van der Waals surface area contributed by atoms with E-state index in [-0.39, 0.29) is 0 Å². The van der Waals surface area contributed by atoms with Crippen LogP contribution in [0.4, 0.5) is 0 Å². The Morgan fingerprint density at radius 2 is 1.30 bits per heavy atom. The van der Waals surface area contributed by atoms with Crippen molar-refractivity contribution in [2.75, 3.05) is 0 Å². The number of hydrogen-bond donors (Lipinski definition) is 0. The fraction of sp³-hybridized carbons (Fsp3) is 0. The minimum absolute atomic E-state index is 0.629. The molecule has 0 unspecified atom stereocenters. The Hall–Kier alpha value is -2.85. The largest absolute Gasteiger partial charge is 0.236 e. The maximum absolute atomic E-state index is 6.54. The molecular weight excluding hydrogens is 437 g/mol. The molecule has 0 amide bonds. The summed E-state index contributed by atoms with van der Waals surface area (Å²) in [5, 5.41) is 6.93. The Morgan fingerprint density at radius 3 is 1.97 bits per heavy atom. The molecule has 0 aliphatic carbocycles. The van der Waals surface area contributed by atoms with E-state index in [0.29, 0.717) is 15.1 Å². The molecular formula is C24H14Cl3N3. The van der Waals surface area contributed by atoms with Crippen LogP contribution >= 0.6 is 34.8 Å². The van der Waals surface area contributed by atoms with Gasteiger partial charge in [-0.15, -0.1) is 0 Å². The highest BCUT2D eigenvalue weighted by Gasteiger charge is 2.21.